The number of rotatable bonds is 4. The molecule has 2 atom stereocenters. The fourth-order valence-corrected chi connectivity index (χ4v) is 7.83. The summed E-state index contributed by atoms with van der Waals surface area (Å²) in [6.07, 6.45) is 3.77. The number of fused-ring (bicyclic) bond motifs is 2. The first-order chi connectivity index (χ1) is 17.6. The highest BCUT2D eigenvalue weighted by Gasteiger charge is 2.76. The van der Waals surface area contributed by atoms with Crippen LogP contribution in [0.2, 0.25) is 0 Å². The first-order valence-corrected chi connectivity index (χ1v) is 13.2. The molecule has 1 saturated carbocycles. The highest BCUT2D eigenvalue weighted by molar-refractivity contribution is 7.80. The van der Waals surface area contributed by atoms with Gasteiger partial charge in [-0.05, 0) is 24.0 Å². The minimum absolute atomic E-state index is 0.481. The summed E-state index contributed by atoms with van der Waals surface area (Å²) in [6.45, 7) is 3.68. The lowest BCUT2D eigenvalue weighted by Crippen LogP contribution is -2.78. The van der Waals surface area contributed by atoms with Crippen molar-refractivity contribution >= 4 is 23.0 Å². The number of benzene rings is 2. The van der Waals surface area contributed by atoms with E-state index in [0.717, 1.165) is 38.1 Å². The number of likely N-dealkylation sites (tertiary alicyclic amines) is 1. The minimum atomic E-state index is -0.892. The molecular weight excluding hydrogens is 464 g/mol. The maximum Gasteiger partial charge on any atom is 0.135 e. The van der Waals surface area contributed by atoms with E-state index >= 15 is 0 Å². The molecule has 2 aromatic carbocycles. The maximum absolute atomic E-state index is 11.0. The molecule has 3 fully saturated rings. The van der Waals surface area contributed by atoms with Crippen molar-refractivity contribution in [1.82, 2.24) is 14.7 Å². The molecule has 4 aliphatic rings. The van der Waals surface area contributed by atoms with E-state index in [9.17, 15) is 10.5 Å². The van der Waals surface area contributed by atoms with Gasteiger partial charge in [-0.1, -0.05) is 85.7 Å². The Bertz CT molecular complexity index is 1270. The molecule has 182 valence electrons. The summed E-state index contributed by atoms with van der Waals surface area (Å²) in [5.74, 6) is 0.796. The van der Waals surface area contributed by atoms with Gasteiger partial charge >= 0.3 is 0 Å². The molecule has 36 heavy (non-hydrogen) atoms. The van der Waals surface area contributed by atoms with E-state index in [2.05, 4.69) is 51.1 Å². The van der Waals surface area contributed by atoms with Crippen LogP contribution in [0.3, 0.4) is 0 Å². The molecule has 0 radical (unpaired) electrons. The molecular formula is C29H30N6S. The Balaban J connectivity index is 1.43. The quantitative estimate of drug-likeness (QED) is 0.581. The molecule has 2 aromatic rings. The summed E-state index contributed by atoms with van der Waals surface area (Å²) < 4.78 is 0. The van der Waals surface area contributed by atoms with Crippen LogP contribution in [0.1, 0.15) is 36.8 Å². The zero-order chi connectivity index (χ0) is 24.8. The molecule has 2 unspecified atom stereocenters. The van der Waals surface area contributed by atoms with E-state index in [4.69, 9.17) is 17.2 Å². The van der Waals surface area contributed by atoms with Crippen molar-refractivity contribution in [2.75, 3.05) is 26.4 Å². The Hall–Kier alpha value is -3.10. The number of hydrogen-bond donors (Lipinski definition) is 0. The SMILES string of the molecule is N#CC12CN(Cc3ccccc3)CC(C#N)(C3=NCN(Cc4ccccc4)CN3C1=S)C21CCCC1. The Kier molecular flexibility index (Phi) is 5.68. The van der Waals surface area contributed by atoms with Crippen LogP contribution in [0, 0.1) is 38.9 Å². The number of aliphatic imine (C=N–C) groups is 1. The van der Waals surface area contributed by atoms with Crippen LogP contribution in [0.25, 0.3) is 0 Å². The van der Waals surface area contributed by atoms with Gasteiger partial charge in [0, 0.05) is 31.6 Å². The summed E-state index contributed by atoms with van der Waals surface area (Å²) in [4.78, 5) is 12.3. The van der Waals surface area contributed by atoms with E-state index in [1.165, 1.54) is 11.1 Å². The minimum Gasteiger partial charge on any atom is -0.308 e. The van der Waals surface area contributed by atoms with Crippen LogP contribution >= 0.6 is 12.2 Å². The third-order valence-corrected chi connectivity index (χ3v) is 9.47. The standard InChI is InChI=1S/C29H30N6S/c30-17-27-19-33(15-23-9-3-1-4-10-23)20-28(18-31,29(27)13-7-8-14-29)26(36)35-22-34(21-32-25(27)35)16-24-11-5-2-6-12-24/h1-6,9-12H,7-8,13-16,19-22H2. The third-order valence-electron chi connectivity index (χ3n) is 8.90. The fourth-order valence-electron chi connectivity index (χ4n) is 7.38. The van der Waals surface area contributed by atoms with Crippen molar-refractivity contribution in [3.8, 4) is 12.1 Å². The molecule has 3 aliphatic heterocycles. The van der Waals surface area contributed by atoms with E-state index in [1.807, 2.05) is 36.4 Å². The first kappa shape index (κ1) is 23.3. The number of amidine groups is 1. The molecule has 6 rings (SSSR count). The van der Waals surface area contributed by atoms with Crippen LogP contribution in [-0.2, 0) is 13.1 Å². The molecule has 1 aliphatic carbocycles. The Morgan fingerprint density at radius 2 is 1.36 bits per heavy atom. The predicted molar refractivity (Wildman–Crippen MR) is 142 cm³/mol. The normalized spacial score (nSPS) is 29.3. The zero-order valence-electron chi connectivity index (χ0n) is 20.4. The van der Waals surface area contributed by atoms with Gasteiger partial charge < -0.3 is 4.90 Å². The largest absolute Gasteiger partial charge is 0.308 e. The van der Waals surface area contributed by atoms with Crippen molar-refractivity contribution in [1.29, 1.82) is 10.5 Å². The summed E-state index contributed by atoms with van der Waals surface area (Å²) in [5, 5.41) is 21.9. The van der Waals surface area contributed by atoms with Crippen LogP contribution in [0.5, 0.6) is 0 Å². The van der Waals surface area contributed by atoms with Gasteiger partial charge in [-0.3, -0.25) is 14.8 Å². The monoisotopic (exact) mass is 494 g/mol. The second-order valence-electron chi connectivity index (χ2n) is 10.8. The number of nitriles is 2. The topological polar surface area (TPSA) is 69.7 Å². The Morgan fingerprint density at radius 3 is 1.94 bits per heavy atom. The third kappa shape index (κ3) is 3.20. The Labute approximate surface area is 218 Å². The number of hydrogen-bond acceptors (Lipinski definition) is 6. The van der Waals surface area contributed by atoms with Gasteiger partial charge in [0.25, 0.3) is 0 Å². The van der Waals surface area contributed by atoms with Crippen molar-refractivity contribution < 1.29 is 0 Å². The van der Waals surface area contributed by atoms with E-state index in [0.29, 0.717) is 38.0 Å². The Morgan fingerprint density at radius 1 is 0.806 bits per heavy atom. The van der Waals surface area contributed by atoms with Crippen LogP contribution in [0.4, 0.5) is 0 Å². The highest BCUT2D eigenvalue weighted by atomic mass is 32.1. The van der Waals surface area contributed by atoms with Gasteiger partial charge in [-0.25, -0.2) is 0 Å². The smallest absolute Gasteiger partial charge is 0.135 e. The van der Waals surface area contributed by atoms with Crippen LogP contribution in [0.15, 0.2) is 65.7 Å². The molecule has 2 bridgehead atoms. The lowest BCUT2D eigenvalue weighted by atomic mass is 9.45. The molecule has 0 N–H and O–H groups in total. The average Bonchev–Trinajstić information content (AvgIpc) is 3.41. The number of piperidine rings is 2. The van der Waals surface area contributed by atoms with E-state index in [1.54, 1.807) is 0 Å². The molecule has 3 heterocycles. The fraction of sp³-hybridized carbons (Fsp3) is 0.448. The summed E-state index contributed by atoms with van der Waals surface area (Å²) in [6, 6.07) is 26.2. The number of thiocarbonyl (C=S) groups is 1. The molecule has 2 saturated heterocycles. The second kappa shape index (κ2) is 8.78. The molecule has 6 nitrogen and oxygen atoms in total. The van der Waals surface area contributed by atoms with Crippen molar-refractivity contribution in [3.63, 3.8) is 0 Å². The molecule has 1 spiro atoms. The summed E-state index contributed by atoms with van der Waals surface area (Å²) in [5.41, 5.74) is 0.168. The summed E-state index contributed by atoms with van der Waals surface area (Å²) >= 11 is 6.22. The predicted octanol–water partition coefficient (Wildman–Crippen LogP) is 4.55. The summed E-state index contributed by atoms with van der Waals surface area (Å²) in [7, 11) is 0. The van der Waals surface area contributed by atoms with Crippen molar-refractivity contribution in [3.05, 3.63) is 71.8 Å². The van der Waals surface area contributed by atoms with E-state index in [-0.39, 0.29) is 0 Å². The van der Waals surface area contributed by atoms with Crippen molar-refractivity contribution in [2.24, 2.45) is 21.2 Å². The van der Waals surface area contributed by atoms with Crippen LogP contribution in [-0.4, -0.2) is 52.0 Å². The maximum atomic E-state index is 11.0. The highest BCUT2D eigenvalue weighted by Crippen LogP contribution is 2.68. The van der Waals surface area contributed by atoms with Gasteiger partial charge in [0.05, 0.1) is 25.5 Å². The second-order valence-corrected chi connectivity index (χ2v) is 11.2. The lowest BCUT2D eigenvalue weighted by Gasteiger charge is -2.66. The zero-order valence-corrected chi connectivity index (χ0v) is 21.3. The van der Waals surface area contributed by atoms with Crippen molar-refractivity contribution in [2.45, 2.75) is 38.8 Å². The molecule has 0 amide bonds. The van der Waals surface area contributed by atoms with Gasteiger partial charge in [0.15, 0.2) is 0 Å². The number of nitrogens with zero attached hydrogens (tertiary/aromatic N) is 6. The lowest BCUT2D eigenvalue weighted by molar-refractivity contribution is -0.0604. The van der Waals surface area contributed by atoms with Gasteiger partial charge in [-0.2, -0.15) is 10.5 Å². The van der Waals surface area contributed by atoms with Gasteiger partial charge in [-0.15, -0.1) is 0 Å². The average molecular weight is 495 g/mol. The first-order valence-electron chi connectivity index (χ1n) is 12.8. The van der Waals surface area contributed by atoms with Gasteiger partial charge in [0.2, 0.25) is 0 Å². The molecule has 7 heteroatoms. The van der Waals surface area contributed by atoms with E-state index < -0.39 is 16.2 Å². The van der Waals surface area contributed by atoms with Crippen LogP contribution < -0.4 is 0 Å². The molecule has 0 aromatic heterocycles. The van der Waals surface area contributed by atoms with Gasteiger partial charge in [0.1, 0.15) is 21.7 Å².